The van der Waals surface area contributed by atoms with Crippen molar-refractivity contribution in [1.29, 1.82) is 0 Å². The first kappa shape index (κ1) is 9.48. The quantitative estimate of drug-likeness (QED) is 0.710. The van der Waals surface area contributed by atoms with Gasteiger partial charge >= 0.3 is 0 Å². The summed E-state index contributed by atoms with van der Waals surface area (Å²) in [5, 5.41) is 21.4. The smallest absolute Gasteiger partial charge is 0.128 e. The molecule has 16 heavy (non-hydrogen) atoms. The predicted molar refractivity (Wildman–Crippen MR) is 60.7 cm³/mol. The number of aliphatic hydroxyl groups is 1. The molecule has 0 unspecified atom stereocenters. The summed E-state index contributed by atoms with van der Waals surface area (Å²) in [6.45, 7) is 1.82. The molecule has 2 atom stereocenters. The number of benzene rings is 2. The van der Waals surface area contributed by atoms with E-state index < -0.39 is 6.10 Å². The fraction of sp³-hybridized carbons (Fsp3) is 0.231. The number of aromatic hydroxyl groups is 1. The lowest BCUT2D eigenvalue weighted by Crippen LogP contribution is -2.25. The van der Waals surface area contributed by atoms with Gasteiger partial charge < -0.3 is 14.9 Å². The van der Waals surface area contributed by atoms with Crippen LogP contribution in [0.15, 0.2) is 30.3 Å². The summed E-state index contributed by atoms with van der Waals surface area (Å²) in [6, 6.07) is 8.94. The second-order valence-electron chi connectivity index (χ2n) is 4.16. The molecule has 0 amide bonds. The van der Waals surface area contributed by atoms with Gasteiger partial charge in [-0.25, -0.2) is 0 Å². The van der Waals surface area contributed by atoms with Gasteiger partial charge in [0.05, 0.1) is 0 Å². The first-order valence-electron chi connectivity index (χ1n) is 5.27. The van der Waals surface area contributed by atoms with Gasteiger partial charge in [0.25, 0.3) is 0 Å². The molecule has 1 aliphatic rings. The van der Waals surface area contributed by atoms with Gasteiger partial charge in [-0.05, 0) is 36.1 Å². The summed E-state index contributed by atoms with van der Waals surface area (Å²) < 4.78 is 5.62. The van der Waals surface area contributed by atoms with E-state index in [-0.39, 0.29) is 11.9 Å². The first-order valence-corrected chi connectivity index (χ1v) is 5.27. The van der Waals surface area contributed by atoms with E-state index >= 15 is 0 Å². The van der Waals surface area contributed by atoms with E-state index in [2.05, 4.69) is 0 Å². The zero-order chi connectivity index (χ0) is 11.3. The van der Waals surface area contributed by atoms with Crippen LogP contribution in [0.4, 0.5) is 0 Å². The monoisotopic (exact) mass is 216 g/mol. The van der Waals surface area contributed by atoms with Crippen LogP contribution in [-0.2, 0) is 0 Å². The van der Waals surface area contributed by atoms with Crippen LogP contribution in [0.3, 0.4) is 0 Å². The van der Waals surface area contributed by atoms with Crippen molar-refractivity contribution < 1.29 is 14.9 Å². The molecule has 0 aliphatic carbocycles. The number of aliphatic hydroxyl groups excluding tert-OH is 1. The highest BCUT2D eigenvalue weighted by atomic mass is 16.5. The number of rotatable bonds is 0. The minimum Gasteiger partial charge on any atom is -0.508 e. The summed E-state index contributed by atoms with van der Waals surface area (Å²) in [4.78, 5) is 0. The van der Waals surface area contributed by atoms with Gasteiger partial charge in [0.2, 0.25) is 0 Å². The Bertz CT molecular complexity index is 562. The summed E-state index contributed by atoms with van der Waals surface area (Å²) in [5.74, 6) is 0.943. The largest absolute Gasteiger partial charge is 0.508 e. The van der Waals surface area contributed by atoms with Crippen LogP contribution in [0.5, 0.6) is 11.5 Å². The fourth-order valence-electron chi connectivity index (χ4n) is 2.26. The predicted octanol–water partition coefficient (Wildman–Crippen LogP) is 2.36. The normalized spacial score (nSPS) is 23.1. The van der Waals surface area contributed by atoms with Gasteiger partial charge in [0.15, 0.2) is 0 Å². The molecule has 0 saturated carbocycles. The lowest BCUT2D eigenvalue weighted by Gasteiger charge is -2.28. The van der Waals surface area contributed by atoms with Crippen LogP contribution in [0.1, 0.15) is 18.6 Å². The van der Waals surface area contributed by atoms with Gasteiger partial charge in [0.1, 0.15) is 23.7 Å². The number of hydrogen-bond donors (Lipinski definition) is 2. The Hall–Kier alpha value is -1.74. The van der Waals surface area contributed by atoms with Gasteiger partial charge in [-0.1, -0.05) is 12.1 Å². The van der Waals surface area contributed by atoms with Crippen molar-refractivity contribution in [3.63, 3.8) is 0 Å². The number of hydrogen-bond acceptors (Lipinski definition) is 3. The molecule has 2 aromatic rings. The van der Waals surface area contributed by atoms with Crippen molar-refractivity contribution in [3.8, 4) is 11.5 Å². The summed E-state index contributed by atoms with van der Waals surface area (Å²) in [7, 11) is 0. The van der Waals surface area contributed by atoms with Gasteiger partial charge in [-0.15, -0.1) is 0 Å². The number of phenolic OH excluding ortho intramolecular Hbond substituents is 1. The molecule has 1 heterocycles. The van der Waals surface area contributed by atoms with Gasteiger partial charge in [-0.3, -0.25) is 0 Å². The van der Waals surface area contributed by atoms with Crippen LogP contribution in [0.2, 0.25) is 0 Å². The molecule has 0 fully saturated rings. The molecule has 3 nitrogen and oxygen atoms in total. The average Bonchev–Trinajstić information content (AvgIpc) is 2.25. The minimum atomic E-state index is -0.690. The zero-order valence-corrected chi connectivity index (χ0v) is 8.84. The molecule has 82 valence electrons. The zero-order valence-electron chi connectivity index (χ0n) is 8.84. The molecular weight excluding hydrogens is 204 g/mol. The molecule has 0 bridgehead atoms. The second-order valence-corrected chi connectivity index (χ2v) is 4.16. The SMILES string of the molecule is C[C@@H]1Oc2cccc3cc(O)cc(c23)[C@H]1O. The summed E-state index contributed by atoms with van der Waals surface area (Å²) >= 11 is 0. The van der Waals surface area contributed by atoms with Crippen LogP contribution in [-0.4, -0.2) is 16.3 Å². The van der Waals surface area contributed by atoms with Crippen LogP contribution in [0.25, 0.3) is 10.8 Å². The van der Waals surface area contributed by atoms with E-state index in [9.17, 15) is 10.2 Å². The Balaban J connectivity index is 2.42. The van der Waals surface area contributed by atoms with E-state index in [1.807, 2.05) is 25.1 Å². The molecule has 0 saturated heterocycles. The van der Waals surface area contributed by atoms with Gasteiger partial charge in [0, 0.05) is 5.39 Å². The maximum atomic E-state index is 10.0. The molecule has 0 aromatic heterocycles. The molecule has 2 N–H and O–H groups in total. The molecule has 3 heteroatoms. The Morgan fingerprint density at radius 2 is 2.06 bits per heavy atom. The Morgan fingerprint density at radius 1 is 1.25 bits per heavy atom. The van der Waals surface area contributed by atoms with Gasteiger partial charge in [-0.2, -0.15) is 0 Å². The maximum absolute atomic E-state index is 10.0. The van der Waals surface area contributed by atoms with E-state index in [4.69, 9.17) is 4.74 Å². The van der Waals surface area contributed by atoms with Crippen molar-refractivity contribution in [2.45, 2.75) is 19.1 Å². The van der Waals surface area contributed by atoms with Crippen LogP contribution < -0.4 is 4.74 Å². The number of ether oxygens (including phenoxy) is 1. The third-order valence-corrected chi connectivity index (χ3v) is 3.03. The Kier molecular flexibility index (Phi) is 1.85. The topological polar surface area (TPSA) is 49.7 Å². The van der Waals surface area contributed by atoms with Crippen molar-refractivity contribution in [2.75, 3.05) is 0 Å². The third kappa shape index (κ3) is 1.18. The highest BCUT2D eigenvalue weighted by molar-refractivity contribution is 5.93. The molecule has 1 aliphatic heterocycles. The molecule has 0 radical (unpaired) electrons. The Labute approximate surface area is 92.9 Å². The van der Waals surface area contributed by atoms with Crippen LogP contribution in [0, 0.1) is 0 Å². The molecule has 2 aromatic carbocycles. The first-order chi connectivity index (χ1) is 7.66. The van der Waals surface area contributed by atoms with E-state index in [0.717, 1.165) is 22.1 Å². The van der Waals surface area contributed by atoms with Crippen molar-refractivity contribution in [1.82, 2.24) is 0 Å². The van der Waals surface area contributed by atoms with E-state index in [1.54, 1.807) is 12.1 Å². The highest BCUT2D eigenvalue weighted by Crippen LogP contribution is 2.41. The lowest BCUT2D eigenvalue weighted by atomic mass is 9.94. The van der Waals surface area contributed by atoms with Crippen molar-refractivity contribution in [3.05, 3.63) is 35.9 Å². The van der Waals surface area contributed by atoms with Crippen molar-refractivity contribution >= 4 is 10.8 Å². The maximum Gasteiger partial charge on any atom is 0.128 e. The van der Waals surface area contributed by atoms with E-state index in [1.165, 1.54) is 0 Å². The standard InChI is InChI=1S/C13H12O3/c1-7-13(15)10-6-9(14)5-8-3-2-4-11(16-7)12(8)10/h2-7,13-15H,1H3/t7-,13-/m0/s1. The third-order valence-electron chi connectivity index (χ3n) is 3.03. The van der Waals surface area contributed by atoms with Crippen LogP contribution >= 0.6 is 0 Å². The second kappa shape index (κ2) is 3.12. The average molecular weight is 216 g/mol. The molecule has 3 rings (SSSR count). The van der Waals surface area contributed by atoms with E-state index in [0.29, 0.717) is 0 Å². The summed E-state index contributed by atoms with van der Waals surface area (Å²) in [5.41, 5.74) is 0.740. The summed E-state index contributed by atoms with van der Waals surface area (Å²) in [6.07, 6.45) is -0.982. The van der Waals surface area contributed by atoms with Crippen molar-refractivity contribution in [2.24, 2.45) is 0 Å². The number of phenols is 1. The minimum absolute atomic E-state index is 0.174. The fourth-order valence-corrected chi connectivity index (χ4v) is 2.26. The lowest BCUT2D eigenvalue weighted by molar-refractivity contribution is 0.0419. The molecular formula is C13H12O3. The Morgan fingerprint density at radius 3 is 2.88 bits per heavy atom. The molecule has 0 spiro atoms. The highest BCUT2D eigenvalue weighted by Gasteiger charge is 2.27.